The molecule has 0 spiro atoms. The van der Waals surface area contributed by atoms with Crippen LogP contribution in [-0.4, -0.2) is 52.6 Å². The highest BCUT2D eigenvalue weighted by atomic mass is 19.1. The van der Waals surface area contributed by atoms with Crippen LogP contribution in [0.2, 0.25) is 0 Å². The van der Waals surface area contributed by atoms with Gasteiger partial charge in [0.2, 0.25) is 0 Å². The maximum atomic E-state index is 13.6. The Morgan fingerprint density at radius 1 is 0.853 bits per heavy atom. The van der Waals surface area contributed by atoms with E-state index in [2.05, 4.69) is 14.4 Å². The van der Waals surface area contributed by atoms with Crippen molar-refractivity contribution in [1.29, 1.82) is 0 Å². The van der Waals surface area contributed by atoms with Gasteiger partial charge in [-0.2, -0.15) is 0 Å². The first-order valence-electron chi connectivity index (χ1n) is 11.5. The molecule has 0 amide bonds. The van der Waals surface area contributed by atoms with Crippen molar-refractivity contribution in [3.8, 4) is 5.75 Å². The number of aromatic nitrogens is 2. The standard InChI is InChI=1S/C27H28F2N4O/c1-31-25-12-11-23(34-2)17-24(25)30-26(31)18-32-13-15-33(16-14-32)27(19-3-7-21(28)8-4-19)20-5-9-22(29)10-6-20/h3-12,17,27H,13-16,18H2,1-2H3. The lowest BCUT2D eigenvalue weighted by Gasteiger charge is -2.39. The molecule has 1 saturated heterocycles. The number of aryl methyl sites for hydroxylation is 1. The molecule has 0 radical (unpaired) electrons. The fraction of sp³-hybridized carbons (Fsp3) is 0.296. The normalized spacial score (nSPS) is 15.3. The minimum Gasteiger partial charge on any atom is -0.497 e. The Kier molecular flexibility index (Phi) is 6.30. The molecular formula is C27H28F2N4O. The summed E-state index contributed by atoms with van der Waals surface area (Å²) in [5.41, 5.74) is 4.03. The van der Waals surface area contributed by atoms with Crippen molar-refractivity contribution in [3.05, 3.63) is 95.3 Å². The number of nitrogens with zero attached hydrogens (tertiary/aromatic N) is 4. The third-order valence-electron chi connectivity index (χ3n) is 6.69. The molecule has 34 heavy (non-hydrogen) atoms. The number of hydrogen-bond donors (Lipinski definition) is 0. The number of benzene rings is 3. The Balaban J connectivity index is 1.32. The lowest BCUT2D eigenvalue weighted by molar-refractivity contribution is 0.102. The second-order valence-electron chi connectivity index (χ2n) is 8.76. The summed E-state index contributed by atoms with van der Waals surface area (Å²) in [4.78, 5) is 9.63. The van der Waals surface area contributed by atoms with Gasteiger partial charge in [-0.1, -0.05) is 24.3 Å². The number of ether oxygens (including phenoxy) is 1. The monoisotopic (exact) mass is 462 g/mol. The van der Waals surface area contributed by atoms with Gasteiger partial charge in [0.25, 0.3) is 0 Å². The molecule has 5 nitrogen and oxygen atoms in total. The number of rotatable bonds is 6. The molecule has 4 aromatic rings. The topological polar surface area (TPSA) is 33.5 Å². The number of imidazole rings is 1. The van der Waals surface area contributed by atoms with Crippen molar-refractivity contribution in [2.45, 2.75) is 12.6 Å². The second-order valence-corrected chi connectivity index (χ2v) is 8.76. The van der Waals surface area contributed by atoms with Crippen molar-refractivity contribution >= 4 is 11.0 Å². The van der Waals surface area contributed by atoms with Crippen LogP contribution in [-0.2, 0) is 13.6 Å². The van der Waals surface area contributed by atoms with Crippen LogP contribution in [0.1, 0.15) is 23.0 Å². The van der Waals surface area contributed by atoms with Crippen LogP contribution < -0.4 is 4.74 Å². The minimum atomic E-state index is -0.258. The SMILES string of the molecule is COc1ccc2c(c1)nc(CN1CCN(C(c3ccc(F)cc3)c3ccc(F)cc3)CC1)n2C. The lowest BCUT2D eigenvalue weighted by Crippen LogP contribution is -2.47. The first kappa shape index (κ1) is 22.5. The van der Waals surface area contributed by atoms with E-state index in [1.807, 2.05) is 49.5 Å². The van der Waals surface area contributed by atoms with Gasteiger partial charge < -0.3 is 9.30 Å². The van der Waals surface area contributed by atoms with E-state index in [0.29, 0.717) is 0 Å². The summed E-state index contributed by atoms with van der Waals surface area (Å²) in [5.74, 6) is 1.31. The van der Waals surface area contributed by atoms with E-state index >= 15 is 0 Å². The first-order chi connectivity index (χ1) is 16.5. The molecule has 1 aromatic heterocycles. The first-order valence-corrected chi connectivity index (χ1v) is 11.5. The molecule has 1 aliphatic rings. The third kappa shape index (κ3) is 4.54. The van der Waals surface area contributed by atoms with Gasteiger partial charge in [0.15, 0.2) is 0 Å². The van der Waals surface area contributed by atoms with Gasteiger partial charge in [0.05, 0.1) is 30.7 Å². The predicted molar refractivity (Wildman–Crippen MR) is 129 cm³/mol. The van der Waals surface area contributed by atoms with E-state index in [1.54, 1.807) is 7.11 Å². The van der Waals surface area contributed by atoms with Crippen LogP contribution in [0.5, 0.6) is 5.75 Å². The van der Waals surface area contributed by atoms with Crippen LogP contribution in [0, 0.1) is 11.6 Å². The number of halogens is 2. The average Bonchev–Trinajstić information content (AvgIpc) is 3.17. The summed E-state index contributed by atoms with van der Waals surface area (Å²) in [6.45, 7) is 4.21. The van der Waals surface area contributed by atoms with Crippen molar-refractivity contribution in [2.24, 2.45) is 7.05 Å². The smallest absolute Gasteiger partial charge is 0.123 e. The number of fused-ring (bicyclic) bond motifs is 1. The lowest BCUT2D eigenvalue weighted by atomic mass is 9.96. The molecule has 0 aliphatic carbocycles. The third-order valence-corrected chi connectivity index (χ3v) is 6.69. The van der Waals surface area contributed by atoms with Gasteiger partial charge in [-0.05, 0) is 47.5 Å². The maximum absolute atomic E-state index is 13.6. The Hall–Kier alpha value is -3.29. The minimum absolute atomic E-state index is 0.0495. The molecular weight excluding hydrogens is 434 g/mol. The zero-order valence-electron chi connectivity index (χ0n) is 19.4. The predicted octanol–water partition coefficient (Wildman–Crippen LogP) is 4.77. The Morgan fingerprint density at radius 3 is 2.00 bits per heavy atom. The molecule has 3 aromatic carbocycles. The van der Waals surface area contributed by atoms with E-state index in [4.69, 9.17) is 9.72 Å². The molecule has 0 N–H and O–H groups in total. The number of hydrogen-bond acceptors (Lipinski definition) is 4. The highest BCUT2D eigenvalue weighted by molar-refractivity contribution is 5.77. The van der Waals surface area contributed by atoms with Crippen LogP contribution in [0.25, 0.3) is 11.0 Å². The quantitative estimate of drug-likeness (QED) is 0.414. The van der Waals surface area contributed by atoms with E-state index in [1.165, 1.54) is 24.3 Å². The molecule has 1 aliphatic heterocycles. The molecule has 0 saturated carbocycles. The van der Waals surface area contributed by atoms with Crippen molar-refractivity contribution in [1.82, 2.24) is 19.4 Å². The van der Waals surface area contributed by atoms with E-state index in [0.717, 1.165) is 66.5 Å². The summed E-state index contributed by atoms with van der Waals surface area (Å²) in [5, 5.41) is 0. The van der Waals surface area contributed by atoms with Gasteiger partial charge in [-0.3, -0.25) is 9.80 Å². The van der Waals surface area contributed by atoms with Crippen LogP contribution in [0.3, 0.4) is 0 Å². The Bertz CT molecular complexity index is 1220. The van der Waals surface area contributed by atoms with Crippen LogP contribution in [0.4, 0.5) is 8.78 Å². The average molecular weight is 463 g/mol. The molecule has 0 bridgehead atoms. The van der Waals surface area contributed by atoms with Gasteiger partial charge in [0.1, 0.15) is 23.2 Å². The highest BCUT2D eigenvalue weighted by Gasteiger charge is 2.27. The van der Waals surface area contributed by atoms with E-state index in [9.17, 15) is 8.78 Å². The second kappa shape index (κ2) is 9.52. The molecule has 0 atom stereocenters. The zero-order chi connectivity index (χ0) is 23.7. The molecule has 0 unspecified atom stereocenters. The van der Waals surface area contributed by atoms with E-state index < -0.39 is 0 Å². The Labute approximate surface area is 198 Å². The summed E-state index contributed by atoms with van der Waals surface area (Å²) in [7, 11) is 3.71. The van der Waals surface area contributed by atoms with Gasteiger partial charge in [-0.15, -0.1) is 0 Å². The molecule has 7 heteroatoms. The molecule has 176 valence electrons. The van der Waals surface area contributed by atoms with E-state index in [-0.39, 0.29) is 17.7 Å². The largest absolute Gasteiger partial charge is 0.497 e. The van der Waals surface area contributed by atoms with Crippen molar-refractivity contribution < 1.29 is 13.5 Å². The van der Waals surface area contributed by atoms with Gasteiger partial charge in [0, 0.05) is 39.3 Å². The summed E-state index contributed by atoms with van der Waals surface area (Å²) in [6.07, 6.45) is 0. The zero-order valence-corrected chi connectivity index (χ0v) is 19.4. The van der Waals surface area contributed by atoms with Crippen molar-refractivity contribution in [2.75, 3.05) is 33.3 Å². The molecule has 1 fully saturated rings. The highest BCUT2D eigenvalue weighted by Crippen LogP contribution is 2.30. The Morgan fingerprint density at radius 2 is 1.44 bits per heavy atom. The molecule has 5 rings (SSSR count). The van der Waals surface area contributed by atoms with Crippen molar-refractivity contribution in [3.63, 3.8) is 0 Å². The number of methoxy groups -OCH3 is 1. The fourth-order valence-electron chi connectivity index (χ4n) is 4.78. The maximum Gasteiger partial charge on any atom is 0.123 e. The van der Waals surface area contributed by atoms with Gasteiger partial charge >= 0.3 is 0 Å². The summed E-state index contributed by atoms with van der Waals surface area (Å²) >= 11 is 0. The summed E-state index contributed by atoms with van der Waals surface area (Å²) < 4.78 is 34.6. The van der Waals surface area contributed by atoms with Crippen LogP contribution >= 0.6 is 0 Å². The fourth-order valence-corrected chi connectivity index (χ4v) is 4.78. The van der Waals surface area contributed by atoms with Crippen LogP contribution in [0.15, 0.2) is 66.7 Å². The number of piperazine rings is 1. The van der Waals surface area contributed by atoms with Gasteiger partial charge in [-0.25, -0.2) is 13.8 Å². The summed E-state index contributed by atoms with van der Waals surface area (Å²) in [6, 6.07) is 19.2. The molecule has 2 heterocycles.